The molecule has 1 aromatic rings. The van der Waals surface area contributed by atoms with Crippen molar-refractivity contribution in [1.82, 2.24) is 14.8 Å². The van der Waals surface area contributed by atoms with Crippen LogP contribution in [0, 0.1) is 11.8 Å². The monoisotopic (exact) mass is 250 g/mol. The fraction of sp³-hybridized carbons (Fsp3) is 0.857. The van der Waals surface area contributed by atoms with Gasteiger partial charge in [0.05, 0.1) is 6.54 Å². The van der Waals surface area contributed by atoms with Crippen LogP contribution in [-0.4, -0.2) is 14.8 Å². The molecule has 0 spiro atoms. The van der Waals surface area contributed by atoms with Crippen LogP contribution in [0.25, 0.3) is 0 Å². The Kier molecular flexibility index (Phi) is 4.75. The third-order valence-corrected chi connectivity index (χ3v) is 3.83. The van der Waals surface area contributed by atoms with E-state index in [9.17, 15) is 0 Å². The van der Waals surface area contributed by atoms with Gasteiger partial charge in [-0.3, -0.25) is 0 Å². The zero-order chi connectivity index (χ0) is 13.0. The van der Waals surface area contributed by atoms with E-state index in [4.69, 9.17) is 5.73 Å². The highest BCUT2D eigenvalue weighted by molar-refractivity contribution is 4.97. The predicted molar refractivity (Wildman–Crippen MR) is 73.0 cm³/mol. The molecule has 18 heavy (non-hydrogen) atoms. The highest BCUT2D eigenvalue weighted by atomic mass is 15.3. The molecule has 1 fully saturated rings. The summed E-state index contributed by atoms with van der Waals surface area (Å²) in [4.78, 5) is 0. The van der Waals surface area contributed by atoms with E-state index in [1.165, 1.54) is 32.1 Å². The van der Waals surface area contributed by atoms with Gasteiger partial charge in [0, 0.05) is 13.0 Å². The van der Waals surface area contributed by atoms with Crippen molar-refractivity contribution in [3.05, 3.63) is 11.6 Å². The van der Waals surface area contributed by atoms with Crippen LogP contribution in [0.3, 0.4) is 0 Å². The van der Waals surface area contributed by atoms with Gasteiger partial charge < -0.3 is 10.3 Å². The van der Waals surface area contributed by atoms with Crippen molar-refractivity contribution in [2.24, 2.45) is 17.6 Å². The Labute approximate surface area is 110 Å². The SMILES string of the molecule is CC(C)Cn1c(CN)nnc1CC1CCCCC1. The maximum Gasteiger partial charge on any atom is 0.146 e. The fourth-order valence-corrected chi connectivity index (χ4v) is 2.90. The van der Waals surface area contributed by atoms with Crippen LogP contribution in [0.2, 0.25) is 0 Å². The Hall–Kier alpha value is -0.900. The van der Waals surface area contributed by atoms with Crippen molar-refractivity contribution in [3.8, 4) is 0 Å². The number of hydrogen-bond donors (Lipinski definition) is 1. The predicted octanol–water partition coefficient (Wildman–Crippen LogP) is 2.52. The molecule has 0 aromatic carbocycles. The van der Waals surface area contributed by atoms with Gasteiger partial charge in [-0.2, -0.15) is 0 Å². The Bertz CT molecular complexity index is 364. The number of nitrogens with two attached hydrogens (primary N) is 1. The molecule has 0 aliphatic heterocycles. The molecule has 1 aromatic heterocycles. The first-order valence-corrected chi connectivity index (χ1v) is 7.31. The molecular weight excluding hydrogens is 224 g/mol. The van der Waals surface area contributed by atoms with E-state index < -0.39 is 0 Å². The Morgan fingerprint density at radius 3 is 2.44 bits per heavy atom. The van der Waals surface area contributed by atoms with Crippen molar-refractivity contribution in [1.29, 1.82) is 0 Å². The van der Waals surface area contributed by atoms with Gasteiger partial charge in [0.15, 0.2) is 0 Å². The number of rotatable bonds is 5. The minimum absolute atomic E-state index is 0.490. The van der Waals surface area contributed by atoms with Crippen molar-refractivity contribution >= 4 is 0 Å². The smallest absolute Gasteiger partial charge is 0.146 e. The fourth-order valence-electron chi connectivity index (χ4n) is 2.90. The molecule has 0 amide bonds. The molecule has 0 atom stereocenters. The minimum Gasteiger partial charge on any atom is -0.324 e. The van der Waals surface area contributed by atoms with E-state index in [1.807, 2.05) is 0 Å². The molecule has 0 unspecified atom stereocenters. The zero-order valence-corrected chi connectivity index (χ0v) is 11.7. The highest BCUT2D eigenvalue weighted by Crippen LogP contribution is 2.26. The number of aromatic nitrogens is 3. The second kappa shape index (κ2) is 6.32. The Balaban J connectivity index is 2.08. The van der Waals surface area contributed by atoms with Crippen LogP contribution in [0.4, 0.5) is 0 Å². The molecule has 2 rings (SSSR count). The molecular formula is C14H26N4. The third kappa shape index (κ3) is 3.31. The van der Waals surface area contributed by atoms with Crippen molar-refractivity contribution in [3.63, 3.8) is 0 Å². The molecule has 0 radical (unpaired) electrons. The molecule has 1 aliphatic carbocycles. The highest BCUT2D eigenvalue weighted by Gasteiger charge is 2.19. The summed E-state index contributed by atoms with van der Waals surface area (Å²) in [5.41, 5.74) is 5.75. The van der Waals surface area contributed by atoms with Gasteiger partial charge in [-0.15, -0.1) is 10.2 Å². The molecule has 0 bridgehead atoms. The van der Waals surface area contributed by atoms with Crippen LogP contribution in [-0.2, 0) is 19.5 Å². The quantitative estimate of drug-likeness (QED) is 0.873. The molecule has 2 N–H and O–H groups in total. The zero-order valence-electron chi connectivity index (χ0n) is 11.7. The molecule has 1 saturated carbocycles. The van der Waals surface area contributed by atoms with E-state index >= 15 is 0 Å². The maximum atomic E-state index is 5.75. The number of nitrogens with zero attached hydrogens (tertiary/aromatic N) is 3. The van der Waals surface area contributed by atoms with Crippen LogP contribution in [0.15, 0.2) is 0 Å². The molecule has 102 valence electrons. The second-order valence-corrected chi connectivity index (χ2v) is 5.95. The van der Waals surface area contributed by atoms with Gasteiger partial charge >= 0.3 is 0 Å². The maximum absolute atomic E-state index is 5.75. The first-order valence-electron chi connectivity index (χ1n) is 7.31. The van der Waals surface area contributed by atoms with Gasteiger partial charge in [0.2, 0.25) is 0 Å². The van der Waals surface area contributed by atoms with Crippen molar-refractivity contribution in [2.75, 3.05) is 0 Å². The van der Waals surface area contributed by atoms with Gasteiger partial charge in [0.1, 0.15) is 11.6 Å². The molecule has 1 aliphatic rings. The third-order valence-electron chi connectivity index (χ3n) is 3.83. The van der Waals surface area contributed by atoms with Crippen LogP contribution in [0.1, 0.15) is 57.6 Å². The van der Waals surface area contributed by atoms with E-state index in [0.717, 1.165) is 30.5 Å². The van der Waals surface area contributed by atoms with Gasteiger partial charge in [-0.1, -0.05) is 46.0 Å². The molecule has 4 nitrogen and oxygen atoms in total. The normalized spacial score (nSPS) is 17.6. The minimum atomic E-state index is 0.490. The summed E-state index contributed by atoms with van der Waals surface area (Å²) in [6.45, 7) is 5.93. The lowest BCUT2D eigenvalue weighted by atomic mass is 9.87. The van der Waals surface area contributed by atoms with Gasteiger partial charge in [-0.05, 0) is 11.8 Å². The van der Waals surface area contributed by atoms with Gasteiger partial charge in [-0.25, -0.2) is 0 Å². The second-order valence-electron chi connectivity index (χ2n) is 5.95. The standard InChI is InChI=1S/C14H26N4/c1-11(2)10-18-13(16-17-14(18)9-15)8-12-6-4-3-5-7-12/h11-12H,3-10,15H2,1-2H3. The van der Waals surface area contributed by atoms with Crippen LogP contribution >= 0.6 is 0 Å². The van der Waals surface area contributed by atoms with Crippen LogP contribution in [0.5, 0.6) is 0 Å². The topological polar surface area (TPSA) is 56.7 Å². The van der Waals surface area contributed by atoms with Gasteiger partial charge in [0.25, 0.3) is 0 Å². The summed E-state index contributed by atoms with van der Waals surface area (Å²) in [6, 6.07) is 0. The summed E-state index contributed by atoms with van der Waals surface area (Å²) in [7, 11) is 0. The summed E-state index contributed by atoms with van der Waals surface area (Å²) < 4.78 is 2.25. The molecule has 0 saturated heterocycles. The average Bonchev–Trinajstić information content (AvgIpc) is 2.72. The van der Waals surface area contributed by atoms with E-state index in [0.29, 0.717) is 12.5 Å². The Morgan fingerprint density at radius 2 is 1.83 bits per heavy atom. The van der Waals surface area contributed by atoms with Crippen LogP contribution < -0.4 is 5.73 Å². The van der Waals surface area contributed by atoms with E-state index in [2.05, 4.69) is 28.6 Å². The summed E-state index contributed by atoms with van der Waals surface area (Å²) >= 11 is 0. The van der Waals surface area contributed by atoms with E-state index in [-0.39, 0.29) is 0 Å². The summed E-state index contributed by atoms with van der Waals surface area (Å²) in [6.07, 6.45) is 7.96. The van der Waals surface area contributed by atoms with Crippen molar-refractivity contribution in [2.45, 2.75) is 65.5 Å². The number of hydrogen-bond acceptors (Lipinski definition) is 3. The first-order chi connectivity index (χ1) is 8.70. The lowest BCUT2D eigenvalue weighted by molar-refractivity contribution is 0.344. The van der Waals surface area contributed by atoms with E-state index in [1.54, 1.807) is 0 Å². The summed E-state index contributed by atoms with van der Waals surface area (Å²) in [5.74, 6) is 3.50. The molecule has 4 heteroatoms. The Morgan fingerprint density at radius 1 is 1.17 bits per heavy atom. The lowest BCUT2D eigenvalue weighted by Gasteiger charge is -2.21. The summed E-state index contributed by atoms with van der Waals surface area (Å²) in [5, 5.41) is 8.61. The lowest BCUT2D eigenvalue weighted by Crippen LogP contribution is -2.17. The van der Waals surface area contributed by atoms with Crippen molar-refractivity contribution < 1.29 is 0 Å². The average molecular weight is 250 g/mol. The largest absolute Gasteiger partial charge is 0.324 e. The molecule has 1 heterocycles. The first kappa shape index (κ1) is 13.5.